The van der Waals surface area contributed by atoms with Crippen LogP contribution in [0.2, 0.25) is 0 Å². The van der Waals surface area contributed by atoms with Gasteiger partial charge in [-0.3, -0.25) is 14.4 Å². The first-order valence-electron chi connectivity index (χ1n) is 8.58. The number of carbonyl (C=O) groups excluding carboxylic acids is 3. The number of ketones is 1. The summed E-state index contributed by atoms with van der Waals surface area (Å²) in [4.78, 5) is 35.6. The molecule has 0 fully saturated rings. The Labute approximate surface area is 164 Å². The van der Waals surface area contributed by atoms with Gasteiger partial charge >= 0.3 is 0 Å². The van der Waals surface area contributed by atoms with E-state index in [0.717, 1.165) is 5.56 Å². The lowest BCUT2D eigenvalue weighted by molar-refractivity contribution is -0.114. The van der Waals surface area contributed by atoms with Gasteiger partial charge in [0.1, 0.15) is 11.0 Å². The summed E-state index contributed by atoms with van der Waals surface area (Å²) in [7, 11) is -4.00. The van der Waals surface area contributed by atoms with Gasteiger partial charge in [0.05, 0.1) is 0 Å². The summed E-state index contributed by atoms with van der Waals surface area (Å²) < 4.78 is 25.0. The maximum Gasteiger partial charge on any atom is 0.239 e. The van der Waals surface area contributed by atoms with Crippen LogP contribution in [0.4, 0.5) is 11.4 Å². The van der Waals surface area contributed by atoms with Crippen molar-refractivity contribution in [1.82, 2.24) is 0 Å². The van der Waals surface area contributed by atoms with Crippen LogP contribution in [0, 0.1) is 6.92 Å². The highest BCUT2D eigenvalue weighted by atomic mass is 32.2. The van der Waals surface area contributed by atoms with Gasteiger partial charge in [-0.05, 0) is 55.8 Å². The number of hydrogen-bond acceptors (Lipinski definition) is 5. The minimum atomic E-state index is -4.00. The molecule has 148 valence electrons. The Bertz CT molecular complexity index is 998. The van der Waals surface area contributed by atoms with Crippen molar-refractivity contribution in [1.29, 1.82) is 0 Å². The minimum Gasteiger partial charge on any atom is -0.326 e. The molecule has 0 heterocycles. The van der Waals surface area contributed by atoms with Crippen molar-refractivity contribution < 1.29 is 22.8 Å². The largest absolute Gasteiger partial charge is 0.326 e. The van der Waals surface area contributed by atoms with Crippen molar-refractivity contribution in [2.24, 2.45) is 0 Å². The van der Waals surface area contributed by atoms with Crippen LogP contribution >= 0.6 is 0 Å². The van der Waals surface area contributed by atoms with Crippen LogP contribution < -0.4 is 10.6 Å². The smallest absolute Gasteiger partial charge is 0.239 e. The molecule has 0 aliphatic rings. The van der Waals surface area contributed by atoms with E-state index in [1.807, 2.05) is 13.0 Å². The molecular weight excluding hydrogens is 380 g/mol. The molecule has 0 aliphatic carbocycles. The SMILES string of the molecule is CC(=O)Nc1ccc(C(=O)C(C)S(=O)(=O)CC(=O)Nc2cccc(C)c2)cc1. The molecule has 2 rings (SSSR count). The second-order valence-electron chi connectivity index (χ2n) is 6.49. The minimum absolute atomic E-state index is 0.185. The Kier molecular flexibility index (Phi) is 6.69. The Balaban J connectivity index is 2.06. The van der Waals surface area contributed by atoms with E-state index in [2.05, 4.69) is 10.6 Å². The lowest BCUT2D eigenvalue weighted by atomic mass is 10.1. The summed E-state index contributed by atoms with van der Waals surface area (Å²) in [5.41, 5.74) is 2.10. The quantitative estimate of drug-likeness (QED) is 0.692. The maximum absolute atomic E-state index is 12.5. The van der Waals surface area contributed by atoms with Crippen LogP contribution in [-0.4, -0.2) is 37.0 Å². The fraction of sp³-hybridized carbons (Fsp3) is 0.250. The van der Waals surface area contributed by atoms with E-state index < -0.39 is 32.5 Å². The van der Waals surface area contributed by atoms with Gasteiger partial charge in [-0.25, -0.2) is 8.42 Å². The van der Waals surface area contributed by atoms with Crippen LogP contribution in [0.15, 0.2) is 48.5 Å². The third kappa shape index (κ3) is 5.75. The number of rotatable bonds is 7. The molecule has 2 aromatic rings. The lowest BCUT2D eigenvalue weighted by Gasteiger charge is -2.13. The van der Waals surface area contributed by atoms with Crippen LogP contribution in [0.25, 0.3) is 0 Å². The molecule has 1 atom stereocenters. The summed E-state index contributed by atoms with van der Waals surface area (Å²) in [5, 5.41) is 3.72. The number of anilines is 2. The van der Waals surface area contributed by atoms with E-state index in [4.69, 9.17) is 0 Å². The zero-order chi connectivity index (χ0) is 20.9. The van der Waals surface area contributed by atoms with Crippen molar-refractivity contribution in [2.75, 3.05) is 16.4 Å². The molecule has 0 bridgehead atoms. The zero-order valence-electron chi connectivity index (χ0n) is 15.9. The highest BCUT2D eigenvalue weighted by Gasteiger charge is 2.31. The lowest BCUT2D eigenvalue weighted by Crippen LogP contribution is -2.34. The Morgan fingerprint density at radius 3 is 2.18 bits per heavy atom. The second kappa shape index (κ2) is 8.79. The predicted molar refractivity (Wildman–Crippen MR) is 108 cm³/mol. The number of hydrogen-bond donors (Lipinski definition) is 2. The Morgan fingerprint density at radius 2 is 1.61 bits per heavy atom. The van der Waals surface area contributed by atoms with Gasteiger partial charge in [-0.1, -0.05) is 12.1 Å². The summed E-state index contributed by atoms with van der Waals surface area (Å²) in [6, 6.07) is 12.9. The zero-order valence-corrected chi connectivity index (χ0v) is 16.7. The molecule has 0 aliphatic heterocycles. The molecule has 7 nitrogen and oxygen atoms in total. The van der Waals surface area contributed by atoms with Gasteiger partial charge in [-0.15, -0.1) is 0 Å². The number of amides is 2. The average molecular weight is 402 g/mol. The van der Waals surface area contributed by atoms with Gasteiger partial charge in [0.15, 0.2) is 15.6 Å². The van der Waals surface area contributed by atoms with E-state index in [0.29, 0.717) is 11.4 Å². The van der Waals surface area contributed by atoms with Crippen molar-refractivity contribution >= 4 is 38.8 Å². The Hall–Kier alpha value is -3.00. The van der Waals surface area contributed by atoms with E-state index in [-0.39, 0.29) is 11.5 Å². The van der Waals surface area contributed by atoms with Crippen LogP contribution in [0.1, 0.15) is 29.8 Å². The maximum atomic E-state index is 12.5. The Morgan fingerprint density at radius 1 is 0.964 bits per heavy atom. The number of benzene rings is 2. The van der Waals surface area contributed by atoms with E-state index >= 15 is 0 Å². The summed E-state index contributed by atoms with van der Waals surface area (Å²) in [5.74, 6) is -2.36. The summed E-state index contributed by atoms with van der Waals surface area (Å²) in [6.07, 6.45) is 0. The fourth-order valence-corrected chi connectivity index (χ4v) is 3.70. The second-order valence-corrected chi connectivity index (χ2v) is 8.81. The van der Waals surface area contributed by atoms with E-state index in [1.165, 1.54) is 38.1 Å². The number of carbonyl (C=O) groups is 3. The third-order valence-electron chi connectivity index (χ3n) is 4.03. The number of aryl methyl sites for hydroxylation is 1. The fourth-order valence-electron chi connectivity index (χ4n) is 2.55. The number of sulfone groups is 1. The molecule has 2 N–H and O–H groups in total. The average Bonchev–Trinajstić information content (AvgIpc) is 2.60. The highest BCUT2D eigenvalue weighted by Crippen LogP contribution is 2.16. The molecule has 1 unspecified atom stereocenters. The molecule has 0 aromatic heterocycles. The van der Waals surface area contributed by atoms with Crippen molar-refractivity contribution in [3.05, 3.63) is 59.7 Å². The van der Waals surface area contributed by atoms with E-state index in [9.17, 15) is 22.8 Å². The van der Waals surface area contributed by atoms with Gasteiger partial charge in [-0.2, -0.15) is 0 Å². The summed E-state index contributed by atoms with van der Waals surface area (Å²) in [6.45, 7) is 4.47. The molecule has 2 aromatic carbocycles. The summed E-state index contributed by atoms with van der Waals surface area (Å²) >= 11 is 0. The van der Waals surface area contributed by atoms with Gasteiger partial charge in [0.2, 0.25) is 11.8 Å². The van der Waals surface area contributed by atoms with Gasteiger partial charge in [0.25, 0.3) is 0 Å². The first-order chi connectivity index (χ1) is 13.1. The van der Waals surface area contributed by atoms with Gasteiger partial charge in [0, 0.05) is 23.9 Å². The van der Waals surface area contributed by atoms with Gasteiger partial charge < -0.3 is 10.6 Å². The van der Waals surface area contributed by atoms with Crippen molar-refractivity contribution in [2.45, 2.75) is 26.0 Å². The van der Waals surface area contributed by atoms with Crippen LogP contribution in [0.3, 0.4) is 0 Å². The molecule has 0 saturated carbocycles. The third-order valence-corrected chi connectivity index (χ3v) is 5.99. The van der Waals surface area contributed by atoms with E-state index in [1.54, 1.807) is 18.2 Å². The van der Waals surface area contributed by atoms with Crippen molar-refractivity contribution in [3.8, 4) is 0 Å². The first kappa shape index (κ1) is 21.3. The predicted octanol–water partition coefficient (Wildman–Crippen LogP) is 2.58. The molecule has 0 spiro atoms. The van der Waals surface area contributed by atoms with Crippen LogP contribution in [-0.2, 0) is 19.4 Å². The topological polar surface area (TPSA) is 109 Å². The molecule has 28 heavy (non-hydrogen) atoms. The highest BCUT2D eigenvalue weighted by molar-refractivity contribution is 7.93. The monoisotopic (exact) mass is 402 g/mol. The molecule has 0 radical (unpaired) electrons. The first-order valence-corrected chi connectivity index (χ1v) is 10.3. The van der Waals surface area contributed by atoms with Crippen molar-refractivity contribution in [3.63, 3.8) is 0 Å². The normalized spacial score (nSPS) is 12.1. The molecule has 2 amide bonds. The standard InChI is InChI=1S/C20H22N2O5S/c1-13-5-4-6-18(11-13)22-19(24)12-28(26,27)14(2)20(25)16-7-9-17(10-8-16)21-15(3)23/h4-11,14H,12H2,1-3H3,(H,21,23)(H,22,24). The number of nitrogens with one attached hydrogen (secondary N) is 2. The molecule has 8 heteroatoms. The van der Waals surface area contributed by atoms with Crippen LogP contribution in [0.5, 0.6) is 0 Å². The molecule has 0 saturated heterocycles. The molecular formula is C20H22N2O5S. The number of Topliss-reactive ketones (excluding diaryl/α,β-unsaturated/α-hetero) is 1.